The normalized spacial score (nSPS) is 16.1. The molecule has 0 radical (unpaired) electrons. The van der Waals surface area contributed by atoms with Crippen molar-refractivity contribution in [3.8, 4) is 17.1 Å². The number of halogens is 3. The number of ether oxygens (including phenoxy) is 1. The number of sulfonamides is 1. The number of hydrogen-bond acceptors (Lipinski definition) is 7. The van der Waals surface area contributed by atoms with E-state index in [1.54, 1.807) is 0 Å². The van der Waals surface area contributed by atoms with Crippen molar-refractivity contribution in [1.29, 1.82) is 0 Å². The zero-order valence-electron chi connectivity index (χ0n) is 17.6. The molecule has 0 aliphatic carbocycles. The van der Waals surface area contributed by atoms with Gasteiger partial charge in [0.2, 0.25) is 21.7 Å². The molecular weight excluding hydrogens is 461 g/mol. The van der Waals surface area contributed by atoms with Gasteiger partial charge in [0.25, 0.3) is 0 Å². The summed E-state index contributed by atoms with van der Waals surface area (Å²) >= 11 is 0. The molecule has 0 spiro atoms. The molecule has 0 bridgehead atoms. The van der Waals surface area contributed by atoms with Crippen LogP contribution in [0.5, 0.6) is 5.75 Å². The van der Waals surface area contributed by atoms with Crippen LogP contribution in [0.15, 0.2) is 57.9 Å². The summed E-state index contributed by atoms with van der Waals surface area (Å²) in [6.07, 6.45) is -4.99. The van der Waals surface area contributed by atoms with Gasteiger partial charge in [-0.25, -0.2) is 8.42 Å². The molecule has 0 unspecified atom stereocenters. The highest BCUT2D eigenvalue weighted by molar-refractivity contribution is 7.89. The van der Waals surface area contributed by atoms with E-state index < -0.39 is 27.0 Å². The third-order valence-electron chi connectivity index (χ3n) is 5.16. The summed E-state index contributed by atoms with van der Waals surface area (Å²) in [4.78, 5) is 5.81. The van der Waals surface area contributed by atoms with Crippen LogP contribution in [-0.4, -0.2) is 60.3 Å². The number of rotatable bonds is 6. The van der Waals surface area contributed by atoms with Crippen LogP contribution in [0, 0.1) is 6.92 Å². The van der Waals surface area contributed by atoms with Crippen LogP contribution in [0.2, 0.25) is 0 Å². The maximum atomic E-state index is 13.0. The lowest BCUT2D eigenvalue weighted by Crippen LogP contribution is -2.48. The van der Waals surface area contributed by atoms with E-state index in [4.69, 9.17) is 4.52 Å². The van der Waals surface area contributed by atoms with Gasteiger partial charge in [0.15, 0.2) is 0 Å². The Balaban J connectivity index is 1.40. The topological polar surface area (TPSA) is 88.8 Å². The van der Waals surface area contributed by atoms with Crippen LogP contribution in [0.25, 0.3) is 11.4 Å². The Morgan fingerprint density at radius 2 is 1.70 bits per heavy atom. The van der Waals surface area contributed by atoms with Crippen LogP contribution in [0.3, 0.4) is 0 Å². The molecule has 1 aromatic heterocycles. The molecule has 176 valence electrons. The van der Waals surface area contributed by atoms with E-state index in [2.05, 4.69) is 14.9 Å². The van der Waals surface area contributed by atoms with Crippen molar-refractivity contribution >= 4 is 10.0 Å². The molecule has 0 saturated carbocycles. The number of hydrogen-bond donors (Lipinski definition) is 0. The minimum Gasteiger partial charge on any atom is -0.404 e. The van der Waals surface area contributed by atoms with Crippen molar-refractivity contribution in [1.82, 2.24) is 19.3 Å². The predicted molar refractivity (Wildman–Crippen MR) is 112 cm³/mol. The molecule has 12 heteroatoms. The van der Waals surface area contributed by atoms with Crippen molar-refractivity contribution < 1.29 is 30.8 Å². The molecule has 2 aromatic carbocycles. The lowest BCUT2D eigenvalue weighted by molar-refractivity contribution is -0.275. The number of para-hydroxylation sites is 1. The third kappa shape index (κ3) is 5.52. The second-order valence-corrected chi connectivity index (χ2v) is 9.46. The molecule has 0 atom stereocenters. The fraction of sp³-hybridized carbons (Fsp3) is 0.333. The average Bonchev–Trinajstić information content (AvgIpc) is 3.22. The molecule has 1 fully saturated rings. The summed E-state index contributed by atoms with van der Waals surface area (Å²) in [5.41, 5.74) is 1.94. The molecule has 4 rings (SSSR count). The summed E-state index contributed by atoms with van der Waals surface area (Å²) in [5.74, 6) is 0.111. The lowest BCUT2D eigenvalue weighted by Gasteiger charge is -2.33. The van der Waals surface area contributed by atoms with E-state index in [-0.39, 0.29) is 13.1 Å². The van der Waals surface area contributed by atoms with E-state index in [0.717, 1.165) is 27.6 Å². The molecule has 33 heavy (non-hydrogen) atoms. The number of aromatic nitrogens is 2. The summed E-state index contributed by atoms with van der Waals surface area (Å²) in [7, 11) is -4.17. The van der Waals surface area contributed by atoms with Gasteiger partial charge in [0.05, 0.1) is 6.54 Å². The minimum absolute atomic E-state index is 0.0989. The number of alkyl halides is 3. The van der Waals surface area contributed by atoms with Gasteiger partial charge in [0, 0.05) is 31.7 Å². The Hall–Kier alpha value is -2.96. The predicted octanol–water partition coefficient (Wildman–Crippen LogP) is 3.45. The van der Waals surface area contributed by atoms with Crippen LogP contribution in [-0.2, 0) is 16.6 Å². The maximum Gasteiger partial charge on any atom is 0.573 e. The van der Waals surface area contributed by atoms with E-state index in [1.807, 2.05) is 36.1 Å². The van der Waals surface area contributed by atoms with Gasteiger partial charge >= 0.3 is 6.36 Å². The van der Waals surface area contributed by atoms with E-state index in [0.29, 0.717) is 31.3 Å². The molecule has 1 aliphatic rings. The van der Waals surface area contributed by atoms with Gasteiger partial charge in [-0.05, 0) is 19.1 Å². The van der Waals surface area contributed by atoms with Gasteiger partial charge < -0.3 is 9.26 Å². The van der Waals surface area contributed by atoms with Crippen molar-refractivity contribution in [2.45, 2.75) is 24.7 Å². The Kier molecular flexibility index (Phi) is 6.41. The molecule has 1 aliphatic heterocycles. The van der Waals surface area contributed by atoms with Crippen LogP contribution in [0.4, 0.5) is 13.2 Å². The van der Waals surface area contributed by atoms with Crippen molar-refractivity contribution in [2.24, 2.45) is 0 Å². The average molecular weight is 482 g/mol. The molecule has 2 heterocycles. The number of benzene rings is 2. The lowest BCUT2D eigenvalue weighted by atomic mass is 10.1. The fourth-order valence-electron chi connectivity index (χ4n) is 3.47. The van der Waals surface area contributed by atoms with Crippen molar-refractivity contribution in [3.63, 3.8) is 0 Å². The van der Waals surface area contributed by atoms with Crippen LogP contribution >= 0.6 is 0 Å². The first-order valence-electron chi connectivity index (χ1n) is 10.1. The van der Waals surface area contributed by atoms with Crippen LogP contribution in [0.1, 0.15) is 11.5 Å². The van der Waals surface area contributed by atoms with Crippen molar-refractivity contribution in [3.05, 3.63) is 60.0 Å². The number of piperazine rings is 1. The summed E-state index contributed by atoms with van der Waals surface area (Å²) in [6, 6.07) is 12.4. The first-order chi connectivity index (χ1) is 15.6. The minimum atomic E-state index is -4.99. The highest BCUT2D eigenvalue weighted by Crippen LogP contribution is 2.31. The molecule has 0 N–H and O–H groups in total. The van der Waals surface area contributed by atoms with Crippen LogP contribution < -0.4 is 4.74 Å². The number of nitrogens with zero attached hydrogens (tertiary/aromatic N) is 4. The summed E-state index contributed by atoms with van der Waals surface area (Å²) in [5, 5.41) is 3.99. The molecule has 0 amide bonds. The summed E-state index contributed by atoms with van der Waals surface area (Å²) < 4.78 is 74.3. The number of aryl methyl sites for hydroxylation is 1. The van der Waals surface area contributed by atoms with E-state index >= 15 is 0 Å². The molecule has 8 nitrogen and oxygen atoms in total. The quantitative estimate of drug-likeness (QED) is 0.532. The first-order valence-corrected chi connectivity index (χ1v) is 11.5. The first kappa shape index (κ1) is 23.2. The second kappa shape index (κ2) is 9.12. The van der Waals surface area contributed by atoms with Gasteiger partial charge in [-0.15, -0.1) is 13.2 Å². The van der Waals surface area contributed by atoms with E-state index in [1.165, 1.54) is 12.1 Å². The van der Waals surface area contributed by atoms with Crippen molar-refractivity contribution in [2.75, 3.05) is 26.2 Å². The Morgan fingerprint density at radius 1 is 1.03 bits per heavy atom. The van der Waals surface area contributed by atoms with Gasteiger partial charge in [-0.2, -0.15) is 9.29 Å². The third-order valence-corrected chi connectivity index (χ3v) is 7.10. The standard InChI is InChI=1S/C21H21F3N4O4S/c1-15-6-8-16(9-7-15)20-25-19(32-26-20)14-27-10-12-28(13-11-27)33(29,30)18-5-3-2-4-17(18)31-21(22,23)24/h2-9H,10-14H2,1H3. The zero-order valence-corrected chi connectivity index (χ0v) is 18.4. The zero-order chi connectivity index (χ0) is 23.6. The highest BCUT2D eigenvalue weighted by atomic mass is 32.2. The van der Waals surface area contributed by atoms with Gasteiger partial charge in [0.1, 0.15) is 10.6 Å². The maximum absolute atomic E-state index is 13.0. The Morgan fingerprint density at radius 3 is 2.36 bits per heavy atom. The second-order valence-electron chi connectivity index (χ2n) is 7.55. The molecule has 3 aromatic rings. The SMILES string of the molecule is Cc1ccc(-c2noc(CN3CCN(S(=O)(=O)c4ccccc4OC(F)(F)F)CC3)n2)cc1. The largest absolute Gasteiger partial charge is 0.573 e. The summed E-state index contributed by atoms with van der Waals surface area (Å²) in [6.45, 7) is 3.21. The van der Waals surface area contributed by atoms with Gasteiger partial charge in [-0.1, -0.05) is 47.1 Å². The monoisotopic (exact) mass is 482 g/mol. The Labute approximate surface area is 188 Å². The fourth-order valence-corrected chi connectivity index (χ4v) is 5.01. The van der Waals surface area contributed by atoms with Gasteiger partial charge in [-0.3, -0.25) is 4.90 Å². The van der Waals surface area contributed by atoms with E-state index in [9.17, 15) is 21.6 Å². The Bertz CT molecular complexity index is 1200. The molecule has 1 saturated heterocycles. The smallest absolute Gasteiger partial charge is 0.404 e. The highest BCUT2D eigenvalue weighted by Gasteiger charge is 2.36. The molecular formula is C21H21F3N4O4S.